The standard InChI is InChI=1S/C10H8Br.C8H6BrS.2ClH.S.Zr/c1-7-5-8-3-2-4-10(11)9(8)6-7;1-5-2-6-4-8(9)10-7(6)3-5;;;;/h2,4-5H,6H2,1H3;2-3,8H,1H3;2*1H;;/q;;;;;+2/p-2. The van der Waals surface area contributed by atoms with Crippen molar-refractivity contribution in [3.05, 3.63) is 64.8 Å². The molecule has 0 amide bonds. The second kappa shape index (κ2) is 8.68. The van der Waals surface area contributed by atoms with Crippen LogP contribution in [0.15, 0.2) is 53.7 Å². The van der Waals surface area contributed by atoms with E-state index in [1.54, 1.807) is 0 Å². The minimum atomic E-state index is -2.29. The maximum Gasteiger partial charge on any atom is -1.00 e. The number of fused-ring (bicyclic) bond motifs is 2. The number of rotatable bonds is 2. The molecule has 0 fully saturated rings. The van der Waals surface area contributed by atoms with E-state index < -0.39 is 19.7 Å². The maximum atomic E-state index is 6.22. The number of hydrogen-bond acceptors (Lipinski definition) is 2. The van der Waals surface area contributed by atoms with Crippen molar-refractivity contribution in [3.63, 3.8) is 0 Å². The van der Waals surface area contributed by atoms with Crippen LogP contribution in [-0.4, -0.2) is 4.16 Å². The predicted molar refractivity (Wildman–Crippen MR) is 108 cm³/mol. The van der Waals surface area contributed by atoms with Crippen LogP contribution in [0.4, 0.5) is 0 Å². The molecular weight excluding hydrogens is 602 g/mol. The first-order valence-electron chi connectivity index (χ1n) is 7.44. The molecule has 1 aromatic rings. The van der Waals surface area contributed by atoms with E-state index in [2.05, 4.69) is 76.1 Å². The van der Waals surface area contributed by atoms with Gasteiger partial charge in [-0.1, -0.05) is 0 Å². The van der Waals surface area contributed by atoms with Crippen molar-refractivity contribution in [2.24, 2.45) is 0 Å². The quantitative estimate of drug-likeness (QED) is 0.441. The molecule has 1 heterocycles. The minimum absolute atomic E-state index is 0. The normalized spacial score (nSPS) is 19.8. The first kappa shape index (κ1) is 22.5. The van der Waals surface area contributed by atoms with Crippen LogP contribution < -0.4 is 28.1 Å². The van der Waals surface area contributed by atoms with Crippen LogP contribution in [0.3, 0.4) is 0 Å². The van der Waals surface area contributed by atoms with E-state index in [0.29, 0.717) is 4.16 Å². The molecule has 25 heavy (non-hydrogen) atoms. The van der Waals surface area contributed by atoms with Gasteiger partial charge in [-0.3, -0.25) is 0 Å². The van der Waals surface area contributed by atoms with Crippen molar-refractivity contribution >= 4 is 61.8 Å². The SMILES string of the molecule is CC1=CC2=[C]([Zr+2](=[S])[c]3ccc(Br)c4c3C=C(C)C4)C(Br)SC2=C1.[Cl-].[Cl-]. The summed E-state index contributed by atoms with van der Waals surface area (Å²) in [5.41, 5.74) is 7.05. The van der Waals surface area contributed by atoms with Gasteiger partial charge in [0.15, 0.2) is 0 Å². The molecule has 2 aliphatic carbocycles. The molecule has 7 heteroatoms. The third kappa shape index (κ3) is 3.99. The monoisotopic (exact) mass is 612 g/mol. The van der Waals surface area contributed by atoms with Crippen LogP contribution in [-0.2, 0) is 26.1 Å². The molecule has 0 bridgehead atoms. The van der Waals surface area contributed by atoms with E-state index in [1.165, 1.54) is 43.8 Å². The minimum Gasteiger partial charge on any atom is -1.00 e. The van der Waals surface area contributed by atoms with E-state index in [4.69, 9.17) is 8.86 Å². The van der Waals surface area contributed by atoms with Crippen molar-refractivity contribution in [1.82, 2.24) is 0 Å². The summed E-state index contributed by atoms with van der Waals surface area (Å²) in [5.74, 6) is 0. The average Bonchev–Trinajstić information content (AvgIpc) is 3.10. The Morgan fingerprint density at radius 2 is 1.88 bits per heavy atom. The van der Waals surface area contributed by atoms with E-state index >= 15 is 0 Å². The van der Waals surface area contributed by atoms with Crippen LogP contribution in [0.25, 0.3) is 6.08 Å². The average molecular weight is 616 g/mol. The molecule has 130 valence electrons. The molecule has 4 rings (SSSR count). The second-order valence-corrected chi connectivity index (χ2v) is 16.3. The van der Waals surface area contributed by atoms with Gasteiger partial charge in [0, 0.05) is 0 Å². The Hall–Kier alpha value is 1.17. The topological polar surface area (TPSA) is 0 Å². The third-order valence-corrected chi connectivity index (χ3v) is 16.2. The predicted octanol–water partition coefficient (Wildman–Crippen LogP) is 0.338. The number of allylic oxidation sites excluding steroid dienone is 5. The summed E-state index contributed by atoms with van der Waals surface area (Å²) in [5, 5.41) is 0. The largest absolute Gasteiger partial charge is 1.00 e. The Morgan fingerprint density at radius 3 is 2.60 bits per heavy atom. The van der Waals surface area contributed by atoms with Gasteiger partial charge in [-0.2, -0.15) is 0 Å². The Kier molecular flexibility index (Phi) is 7.80. The first-order chi connectivity index (χ1) is 11.0. The molecule has 1 aliphatic heterocycles. The van der Waals surface area contributed by atoms with Gasteiger partial charge >= 0.3 is 171 Å². The molecule has 0 saturated carbocycles. The van der Waals surface area contributed by atoms with Gasteiger partial charge in [-0.05, 0) is 0 Å². The maximum absolute atomic E-state index is 6.22. The number of hydrogen-bond donors (Lipinski definition) is 0. The number of alkyl halides is 1. The second-order valence-electron chi connectivity index (χ2n) is 6.14. The van der Waals surface area contributed by atoms with Crippen molar-refractivity contribution < 1.29 is 44.5 Å². The van der Waals surface area contributed by atoms with Gasteiger partial charge in [0.1, 0.15) is 0 Å². The van der Waals surface area contributed by atoms with Gasteiger partial charge in [0.05, 0.1) is 0 Å². The van der Waals surface area contributed by atoms with E-state index in [0.717, 1.165) is 6.42 Å². The van der Waals surface area contributed by atoms with Crippen LogP contribution in [0.5, 0.6) is 0 Å². The third-order valence-electron chi connectivity index (χ3n) is 4.38. The summed E-state index contributed by atoms with van der Waals surface area (Å²) >= 11 is 7.22. The fraction of sp³-hybridized carbons (Fsp3) is 0.222. The number of benzene rings is 1. The van der Waals surface area contributed by atoms with Crippen molar-refractivity contribution in [1.29, 1.82) is 0 Å². The van der Waals surface area contributed by atoms with Crippen molar-refractivity contribution in [2.45, 2.75) is 24.4 Å². The smallest absolute Gasteiger partial charge is 1.00 e. The Balaban J connectivity index is 0.00000113. The molecule has 1 unspecified atom stereocenters. The summed E-state index contributed by atoms with van der Waals surface area (Å²) in [4.78, 5) is 1.41. The zero-order valence-electron chi connectivity index (χ0n) is 13.5. The molecule has 0 aromatic heterocycles. The molecule has 0 nitrogen and oxygen atoms in total. The van der Waals surface area contributed by atoms with Gasteiger partial charge < -0.3 is 24.8 Å². The van der Waals surface area contributed by atoms with Crippen molar-refractivity contribution in [2.75, 3.05) is 0 Å². The number of thioether (sulfide) groups is 1. The van der Waals surface area contributed by atoms with Gasteiger partial charge in [0.2, 0.25) is 0 Å². The molecule has 0 spiro atoms. The van der Waals surface area contributed by atoms with Crippen LogP contribution >= 0.6 is 52.5 Å². The molecule has 0 saturated heterocycles. The number of halogens is 4. The Bertz CT molecular complexity index is 901. The summed E-state index contributed by atoms with van der Waals surface area (Å²) in [6.45, 7) is 4.39. The molecule has 0 N–H and O–H groups in total. The fourth-order valence-electron chi connectivity index (χ4n) is 3.35. The van der Waals surface area contributed by atoms with Gasteiger partial charge in [0.25, 0.3) is 0 Å². The van der Waals surface area contributed by atoms with E-state index in [-0.39, 0.29) is 24.8 Å². The van der Waals surface area contributed by atoms with Gasteiger partial charge in [-0.15, -0.1) is 0 Å². The Labute approximate surface area is 193 Å². The fourth-order valence-corrected chi connectivity index (χ4v) is 16.2. The molecule has 3 aliphatic rings. The molecular formula is C18H14Br2Cl2S2Zr. The van der Waals surface area contributed by atoms with Crippen LogP contribution in [0.1, 0.15) is 25.0 Å². The van der Waals surface area contributed by atoms with E-state index in [1.807, 2.05) is 11.8 Å². The van der Waals surface area contributed by atoms with E-state index in [9.17, 15) is 0 Å². The summed E-state index contributed by atoms with van der Waals surface area (Å²) in [7, 11) is 6.22. The van der Waals surface area contributed by atoms with Crippen LogP contribution in [0, 0.1) is 0 Å². The van der Waals surface area contributed by atoms with Crippen molar-refractivity contribution in [3.8, 4) is 0 Å². The summed E-state index contributed by atoms with van der Waals surface area (Å²) in [6, 6.07) is 4.49. The molecule has 1 atom stereocenters. The zero-order chi connectivity index (χ0) is 16.3. The summed E-state index contributed by atoms with van der Waals surface area (Å²) in [6.07, 6.45) is 8.03. The zero-order valence-corrected chi connectivity index (χ0v) is 22.3. The summed E-state index contributed by atoms with van der Waals surface area (Å²) < 4.78 is 4.58. The van der Waals surface area contributed by atoms with Crippen LogP contribution in [0.2, 0.25) is 0 Å². The molecule has 1 aromatic carbocycles. The Morgan fingerprint density at radius 1 is 1.16 bits per heavy atom. The van der Waals surface area contributed by atoms with Gasteiger partial charge in [-0.25, -0.2) is 0 Å². The first-order valence-corrected chi connectivity index (χ1v) is 15.9. The molecule has 0 radical (unpaired) electrons.